The van der Waals surface area contributed by atoms with Gasteiger partial charge in [-0.15, -0.1) is 0 Å². The van der Waals surface area contributed by atoms with Crippen molar-refractivity contribution in [1.82, 2.24) is 5.32 Å². The van der Waals surface area contributed by atoms with E-state index in [4.69, 9.17) is 11.6 Å². The second kappa shape index (κ2) is 4.73. The number of aliphatic hydroxyl groups is 1. The molecular formula is C10H13ClFNO. The van der Waals surface area contributed by atoms with E-state index in [9.17, 15) is 9.50 Å². The van der Waals surface area contributed by atoms with Gasteiger partial charge in [-0.2, -0.15) is 0 Å². The zero-order valence-corrected chi connectivity index (χ0v) is 8.90. The number of hydrogen-bond donors (Lipinski definition) is 2. The normalized spacial score (nSPS) is 12.9. The molecule has 14 heavy (non-hydrogen) atoms. The van der Waals surface area contributed by atoms with Gasteiger partial charge in [0.2, 0.25) is 0 Å². The van der Waals surface area contributed by atoms with Crippen LogP contribution in [0.15, 0.2) is 12.1 Å². The first kappa shape index (κ1) is 11.4. The van der Waals surface area contributed by atoms with E-state index >= 15 is 0 Å². The van der Waals surface area contributed by atoms with Crippen LogP contribution in [0.4, 0.5) is 4.39 Å². The van der Waals surface area contributed by atoms with Crippen LogP contribution < -0.4 is 5.32 Å². The Labute approximate surface area is 87.7 Å². The molecule has 0 aliphatic rings. The first-order chi connectivity index (χ1) is 6.56. The summed E-state index contributed by atoms with van der Waals surface area (Å²) < 4.78 is 13.2. The number of halogens is 2. The summed E-state index contributed by atoms with van der Waals surface area (Å²) >= 11 is 5.88. The fourth-order valence-corrected chi connectivity index (χ4v) is 1.56. The Morgan fingerprint density at radius 2 is 2.21 bits per heavy atom. The van der Waals surface area contributed by atoms with Gasteiger partial charge in [0, 0.05) is 17.1 Å². The molecule has 1 unspecified atom stereocenters. The Bertz CT molecular complexity index is 330. The lowest BCUT2D eigenvalue weighted by Crippen LogP contribution is -2.17. The van der Waals surface area contributed by atoms with E-state index < -0.39 is 6.10 Å². The number of aliphatic hydroxyl groups excluding tert-OH is 1. The molecule has 0 fully saturated rings. The molecule has 0 aliphatic heterocycles. The molecular weight excluding hydrogens is 205 g/mol. The van der Waals surface area contributed by atoms with E-state index in [0.29, 0.717) is 22.7 Å². The molecule has 0 bridgehead atoms. The van der Waals surface area contributed by atoms with Gasteiger partial charge in [-0.3, -0.25) is 0 Å². The molecule has 0 radical (unpaired) electrons. The molecule has 1 aromatic carbocycles. The molecule has 4 heteroatoms. The van der Waals surface area contributed by atoms with Crippen molar-refractivity contribution in [2.24, 2.45) is 0 Å². The van der Waals surface area contributed by atoms with Crippen LogP contribution in [0.1, 0.15) is 17.2 Å². The third-order valence-corrected chi connectivity index (χ3v) is 2.36. The highest BCUT2D eigenvalue weighted by atomic mass is 35.5. The highest BCUT2D eigenvalue weighted by molar-refractivity contribution is 6.31. The summed E-state index contributed by atoms with van der Waals surface area (Å²) in [6.07, 6.45) is -0.775. The van der Waals surface area contributed by atoms with Gasteiger partial charge in [0.25, 0.3) is 0 Å². The number of likely N-dealkylation sites (N-methyl/N-ethyl adjacent to an activating group) is 1. The van der Waals surface area contributed by atoms with Gasteiger partial charge in [0.1, 0.15) is 5.82 Å². The summed E-state index contributed by atoms with van der Waals surface area (Å²) in [5, 5.41) is 12.8. The monoisotopic (exact) mass is 217 g/mol. The van der Waals surface area contributed by atoms with Crippen LogP contribution in [0.25, 0.3) is 0 Å². The predicted molar refractivity (Wildman–Crippen MR) is 55.0 cm³/mol. The minimum Gasteiger partial charge on any atom is -0.387 e. The lowest BCUT2D eigenvalue weighted by molar-refractivity contribution is 0.177. The maximum Gasteiger partial charge on any atom is 0.126 e. The summed E-state index contributed by atoms with van der Waals surface area (Å²) in [5.41, 5.74) is 0.902. The fraction of sp³-hybridized carbons (Fsp3) is 0.400. The minimum absolute atomic E-state index is 0.348. The Balaban J connectivity index is 3.02. The molecule has 1 atom stereocenters. The standard InChI is InChI=1S/C10H13ClFNO/c1-6-3-8(11)7(4-9(6)12)10(14)5-13-2/h3-4,10,13-14H,5H2,1-2H3. The van der Waals surface area contributed by atoms with Crippen molar-refractivity contribution in [3.05, 3.63) is 34.1 Å². The summed E-state index contributed by atoms with van der Waals surface area (Å²) in [4.78, 5) is 0. The van der Waals surface area contributed by atoms with Crippen molar-refractivity contribution in [3.63, 3.8) is 0 Å². The van der Waals surface area contributed by atoms with Crippen molar-refractivity contribution in [2.45, 2.75) is 13.0 Å². The zero-order valence-electron chi connectivity index (χ0n) is 8.14. The quantitative estimate of drug-likeness (QED) is 0.812. The Kier molecular flexibility index (Phi) is 3.86. The van der Waals surface area contributed by atoms with Gasteiger partial charge >= 0.3 is 0 Å². The first-order valence-corrected chi connectivity index (χ1v) is 4.72. The van der Waals surface area contributed by atoms with Crippen molar-refractivity contribution >= 4 is 11.6 Å². The van der Waals surface area contributed by atoms with E-state index in [1.165, 1.54) is 12.1 Å². The second-order valence-corrected chi connectivity index (χ2v) is 3.60. The Hall–Kier alpha value is -0.640. The SMILES string of the molecule is CNCC(O)c1cc(F)c(C)cc1Cl. The molecule has 78 valence electrons. The van der Waals surface area contributed by atoms with Crippen LogP contribution in [0, 0.1) is 12.7 Å². The van der Waals surface area contributed by atoms with Gasteiger partial charge in [0.15, 0.2) is 0 Å². The van der Waals surface area contributed by atoms with Crippen LogP contribution >= 0.6 is 11.6 Å². The van der Waals surface area contributed by atoms with E-state index in [2.05, 4.69) is 5.32 Å². The highest BCUT2D eigenvalue weighted by Gasteiger charge is 2.13. The van der Waals surface area contributed by atoms with E-state index in [-0.39, 0.29) is 5.82 Å². The Morgan fingerprint density at radius 1 is 1.57 bits per heavy atom. The van der Waals surface area contributed by atoms with E-state index in [1.807, 2.05) is 0 Å². The lowest BCUT2D eigenvalue weighted by atomic mass is 10.1. The molecule has 1 aromatic rings. The number of hydrogen-bond acceptors (Lipinski definition) is 2. The van der Waals surface area contributed by atoms with Gasteiger partial charge in [-0.1, -0.05) is 11.6 Å². The van der Waals surface area contributed by atoms with Crippen LogP contribution in [0.5, 0.6) is 0 Å². The third kappa shape index (κ3) is 2.44. The van der Waals surface area contributed by atoms with E-state index in [0.717, 1.165) is 0 Å². The van der Waals surface area contributed by atoms with Crippen molar-refractivity contribution in [2.75, 3.05) is 13.6 Å². The zero-order chi connectivity index (χ0) is 10.7. The first-order valence-electron chi connectivity index (χ1n) is 4.34. The summed E-state index contributed by atoms with van der Waals surface area (Å²) in [5.74, 6) is -0.348. The van der Waals surface area contributed by atoms with Gasteiger partial charge < -0.3 is 10.4 Å². The summed E-state index contributed by atoms with van der Waals surface area (Å²) in [6, 6.07) is 2.80. The maximum atomic E-state index is 13.2. The smallest absolute Gasteiger partial charge is 0.126 e. The molecule has 2 N–H and O–H groups in total. The fourth-order valence-electron chi connectivity index (χ4n) is 1.22. The van der Waals surface area contributed by atoms with Gasteiger partial charge in [-0.05, 0) is 31.7 Å². The van der Waals surface area contributed by atoms with Crippen LogP contribution in [0.3, 0.4) is 0 Å². The molecule has 0 aromatic heterocycles. The predicted octanol–water partition coefficient (Wildman–Crippen LogP) is 2.04. The average Bonchev–Trinajstić information content (AvgIpc) is 2.11. The van der Waals surface area contributed by atoms with E-state index in [1.54, 1.807) is 14.0 Å². The maximum absolute atomic E-state index is 13.2. The average molecular weight is 218 g/mol. The van der Waals surface area contributed by atoms with Crippen LogP contribution in [-0.2, 0) is 0 Å². The number of nitrogens with one attached hydrogen (secondary N) is 1. The molecule has 0 saturated carbocycles. The molecule has 0 aliphatic carbocycles. The number of benzene rings is 1. The van der Waals surface area contributed by atoms with Gasteiger partial charge in [0.05, 0.1) is 6.10 Å². The van der Waals surface area contributed by atoms with Crippen molar-refractivity contribution < 1.29 is 9.50 Å². The third-order valence-electron chi connectivity index (χ3n) is 2.03. The Morgan fingerprint density at radius 3 is 2.79 bits per heavy atom. The molecule has 1 rings (SSSR count). The topological polar surface area (TPSA) is 32.3 Å². The number of rotatable bonds is 3. The molecule has 0 spiro atoms. The van der Waals surface area contributed by atoms with Crippen molar-refractivity contribution in [1.29, 1.82) is 0 Å². The van der Waals surface area contributed by atoms with Crippen LogP contribution in [0.2, 0.25) is 5.02 Å². The van der Waals surface area contributed by atoms with Gasteiger partial charge in [-0.25, -0.2) is 4.39 Å². The molecule has 0 amide bonds. The summed E-state index contributed by atoms with van der Waals surface area (Å²) in [6.45, 7) is 1.98. The molecule has 0 heterocycles. The second-order valence-electron chi connectivity index (χ2n) is 3.20. The van der Waals surface area contributed by atoms with Crippen molar-refractivity contribution in [3.8, 4) is 0 Å². The highest BCUT2D eigenvalue weighted by Crippen LogP contribution is 2.25. The summed E-state index contributed by atoms with van der Waals surface area (Å²) in [7, 11) is 1.71. The molecule has 2 nitrogen and oxygen atoms in total. The van der Waals surface area contributed by atoms with Crippen LogP contribution in [-0.4, -0.2) is 18.7 Å². The largest absolute Gasteiger partial charge is 0.387 e. The minimum atomic E-state index is -0.775. The molecule has 0 saturated heterocycles. The number of aryl methyl sites for hydroxylation is 1. The lowest BCUT2D eigenvalue weighted by Gasteiger charge is -2.13.